The third-order valence-electron chi connectivity index (χ3n) is 4.60. The van der Waals surface area contributed by atoms with E-state index >= 15 is 0 Å². The van der Waals surface area contributed by atoms with Crippen LogP contribution in [0.2, 0.25) is 0 Å². The number of aromatic nitrogens is 1. The number of pyridine rings is 1. The van der Waals surface area contributed by atoms with Crippen LogP contribution in [0.15, 0.2) is 30.6 Å². The van der Waals surface area contributed by atoms with Crippen LogP contribution >= 0.6 is 0 Å². The fraction of sp³-hybridized carbons (Fsp3) is 0.474. The van der Waals surface area contributed by atoms with Crippen molar-refractivity contribution in [3.05, 3.63) is 36.2 Å². The number of rotatable bonds is 6. The summed E-state index contributed by atoms with van der Waals surface area (Å²) in [6.45, 7) is 1.11. The molecule has 126 valence electrons. The van der Waals surface area contributed by atoms with E-state index in [-0.39, 0.29) is 12.7 Å². The van der Waals surface area contributed by atoms with E-state index in [1.54, 1.807) is 12.4 Å². The summed E-state index contributed by atoms with van der Waals surface area (Å²) in [6, 6.07) is 8.57. The molecular formula is C19H23N3O2. The van der Waals surface area contributed by atoms with Crippen molar-refractivity contribution in [3.8, 4) is 11.8 Å². The summed E-state index contributed by atoms with van der Waals surface area (Å²) in [7, 11) is 0. The van der Waals surface area contributed by atoms with Gasteiger partial charge in [0.05, 0.1) is 11.7 Å². The Morgan fingerprint density at radius 3 is 2.83 bits per heavy atom. The second-order valence-corrected chi connectivity index (χ2v) is 6.28. The Bertz CT molecular complexity index is 713. The predicted octanol–water partition coefficient (Wildman–Crippen LogP) is 2.77. The van der Waals surface area contributed by atoms with Gasteiger partial charge in [-0.3, -0.25) is 4.98 Å². The number of benzene rings is 1. The summed E-state index contributed by atoms with van der Waals surface area (Å²) in [5.41, 5.74) is 0.558. The van der Waals surface area contributed by atoms with Gasteiger partial charge in [0, 0.05) is 35.8 Å². The molecule has 0 aliphatic heterocycles. The Labute approximate surface area is 142 Å². The van der Waals surface area contributed by atoms with Crippen molar-refractivity contribution in [3.63, 3.8) is 0 Å². The maximum absolute atomic E-state index is 9.33. The Morgan fingerprint density at radius 2 is 2.08 bits per heavy atom. The van der Waals surface area contributed by atoms with E-state index in [2.05, 4.69) is 16.4 Å². The molecule has 5 nitrogen and oxygen atoms in total. The van der Waals surface area contributed by atoms with E-state index in [1.165, 1.54) is 0 Å². The van der Waals surface area contributed by atoms with Crippen LogP contribution in [0.3, 0.4) is 0 Å². The lowest BCUT2D eigenvalue weighted by Gasteiger charge is -2.30. The molecule has 0 saturated heterocycles. The van der Waals surface area contributed by atoms with Gasteiger partial charge in [-0.1, -0.05) is 12.1 Å². The van der Waals surface area contributed by atoms with E-state index in [9.17, 15) is 5.26 Å². The van der Waals surface area contributed by atoms with E-state index < -0.39 is 0 Å². The first kappa shape index (κ1) is 16.7. The average Bonchev–Trinajstić information content (AvgIpc) is 2.63. The number of fused-ring (bicyclic) bond motifs is 1. The zero-order chi connectivity index (χ0) is 16.8. The molecule has 24 heavy (non-hydrogen) atoms. The summed E-state index contributed by atoms with van der Waals surface area (Å²) in [5, 5.41) is 23.5. The van der Waals surface area contributed by atoms with Gasteiger partial charge in [-0.2, -0.15) is 5.26 Å². The lowest BCUT2D eigenvalue weighted by molar-refractivity contribution is 0.141. The molecule has 0 spiro atoms. The monoisotopic (exact) mass is 325 g/mol. The first-order valence-electron chi connectivity index (χ1n) is 8.59. The molecule has 1 heterocycles. The minimum Gasteiger partial charge on any atom is -0.490 e. The molecule has 0 unspecified atom stereocenters. The number of nitrogens with zero attached hydrogens (tertiary/aromatic N) is 2. The summed E-state index contributed by atoms with van der Waals surface area (Å²) in [4.78, 5) is 4.11. The normalized spacial score (nSPS) is 20.7. The number of aliphatic hydroxyl groups excluding tert-OH is 1. The van der Waals surface area contributed by atoms with Gasteiger partial charge in [-0.25, -0.2) is 0 Å². The van der Waals surface area contributed by atoms with Crippen molar-refractivity contribution in [2.24, 2.45) is 0 Å². The Kier molecular flexibility index (Phi) is 5.63. The summed E-state index contributed by atoms with van der Waals surface area (Å²) in [5.74, 6) is 0.781. The number of aliphatic hydroxyl groups is 1. The molecule has 3 rings (SSSR count). The van der Waals surface area contributed by atoms with Gasteiger partial charge in [0.25, 0.3) is 0 Å². The fourth-order valence-electron chi connectivity index (χ4n) is 3.33. The summed E-state index contributed by atoms with van der Waals surface area (Å²) in [6.07, 6.45) is 8.51. The molecule has 1 saturated carbocycles. The molecule has 0 radical (unpaired) electrons. The van der Waals surface area contributed by atoms with Crippen LogP contribution < -0.4 is 10.1 Å². The average molecular weight is 325 g/mol. The Hall–Kier alpha value is -2.16. The highest BCUT2D eigenvalue weighted by Crippen LogP contribution is 2.31. The molecule has 0 atom stereocenters. The smallest absolute Gasteiger partial charge is 0.128 e. The number of hydrogen-bond donors (Lipinski definition) is 2. The molecular weight excluding hydrogens is 302 g/mol. The van der Waals surface area contributed by atoms with Gasteiger partial charge in [0.15, 0.2) is 0 Å². The van der Waals surface area contributed by atoms with Crippen molar-refractivity contribution in [2.45, 2.75) is 44.2 Å². The van der Waals surface area contributed by atoms with Crippen molar-refractivity contribution >= 4 is 10.8 Å². The van der Waals surface area contributed by atoms with Gasteiger partial charge in [-0.15, -0.1) is 0 Å². The predicted molar refractivity (Wildman–Crippen MR) is 92.8 cm³/mol. The first-order valence-corrected chi connectivity index (χ1v) is 8.59. The van der Waals surface area contributed by atoms with Gasteiger partial charge < -0.3 is 15.2 Å². The number of ether oxygens (including phenoxy) is 1. The van der Waals surface area contributed by atoms with E-state index in [1.807, 2.05) is 18.2 Å². The Morgan fingerprint density at radius 1 is 1.25 bits per heavy atom. The summed E-state index contributed by atoms with van der Waals surface area (Å²) >= 11 is 0. The second-order valence-electron chi connectivity index (χ2n) is 6.28. The first-order chi connectivity index (χ1) is 11.8. The second kappa shape index (κ2) is 8.09. The molecule has 2 aromatic rings. The zero-order valence-electron chi connectivity index (χ0n) is 13.7. The standard InChI is InChI=1S/C19H23N3O2/c20-11-15-13-21-12-14-3-1-4-18(19(14)15)24-17-7-5-16(6-8-17)22-9-2-10-23/h1,3-4,12-13,16-17,22-23H,2,5-10H2/t16-,17-. The molecule has 1 aliphatic carbocycles. The van der Waals surface area contributed by atoms with Crippen LogP contribution in [-0.2, 0) is 0 Å². The minimum absolute atomic E-state index is 0.186. The van der Waals surface area contributed by atoms with Crippen LogP contribution in [0, 0.1) is 11.3 Å². The molecule has 1 aromatic carbocycles. The molecule has 5 heteroatoms. The third kappa shape index (κ3) is 3.84. The zero-order valence-corrected chi connectivity index (χ0v) is 13.7. The van der Waals surface area contributed by atoms with Gasteiger partial charge in [-0.05, 0) is 44.7 Å². The molecule has 0 bridgehead atoms. The van der Waals surface area contributed by atoms with Crippen LogP contribution in [0.25, 0.3) is 10.8 Å². The fourth-order valence-corrected chi connectivity index (χ4v) is 3.33. The minimum atomic E-state index is 0.186. The van der Waals surface area contributed by atoms with Gasteiger partial charge in [0.1, 0.15) is 11.8 Å². The number of nitriles is 1. The maximum Gasteiger partial charge on any atom is 0.128 e. The highest BCUT2D eigenvalue weighted by Gasteiger charge is 2.22. The van der Waals surface area contributed by atoms with Gasteiger partial charge >= 0.3 is 0 Å². The quantitative estimate of drug-likeness (QED) is 0.799. The van der Waals surface area contributed by atoms with Crippen LogP contribution in [0.1, 0.15) is 37.7 Å². The molecule has 1 aliphatic rings. The van der Waals surface area contributed by atoms with Crippen molar-refractivity contribution in [2.75, 3.05) is 13.2 Å². The van der Waals surface area contributed by atoms with Crippen LogP contribution in [0.5, 0.6) is 5.75 Å². The highest BCUT2D eigenvalue weighted by atomic mass is 16.5. The lowest BCUT2D eigenvalue weighted by atomic mass is 9.92. The Balaban J connectivity index is 1.66. The van der Waals surface area contributed by atoms with Gasteiger partial charge in [0.2, 0.25) is 0 Å². The number of hydrogen-bond acceptors (Lipinski definition) is 5. The SMILES string of the molecule is N#Cc1cncc2cccc(O[C@H]3CC[C@H](NCCCO)CC3)c12. The van der Waals surface area contributed by atoms with Crippen LogP contribution in [0.4, 0.5) is 0 Å². The lowest BCUT2D eigenvalue weighted by Crippen LogP contribution is -2.37. The van der Waals surface area contributed by atoms with E-state index in [4.69, 9.17) is 9.84 Å². The van der Waals surface area contributed by atoms with Crippen molar-refractivity contribution in [1.29, 1.82) is 5.26 Å². The maximum atomic E-state index is 9.33. The largest absolute Gasteiger partial charge is 0.490 e. The van der Waals surface area contributed by atoms with E-state index in [0.29, 0.717) is 11.6 Å². The van der Waals surface area contributed by atoms with Crippen LogP contribution in [-0.4, -0.2) is 35.4 Å². The number of nitrogens with one attached hydrogen (secondary N) is 1. The molecule has 0 amide bonds. The molecule has 2 N–H and O–H groups in total. The summed E-state index contributed by atoms with van der Waals surface area (Å²) < 4.78 is 6.24. The molecule has 1 fully saturated rings. The topological polar surface area (TPSA) is 78.2 Å². The highest BCUT2D eigenvalue weighted by molar-refractivity contribution is 5.92. The van der Waals surface area contributed by atoms with Crippen molar-refractivity contribution in [1.82, 2.24) is 10.3 Å². The van der Waals surface area contributed by atoms with Crippen molar-refractivity contribution < 1.29 is 9.84 Å². The van der Waals surface area contributed by atoms with E-state index in [0.717, 1.165) is 55.2 Å². The third-order valence-corrected chi connectivity index (χ3v) is 4.60. The molecule has 1 aromatic heterocycles.